The van der Waals surface area contributed by atoms with Crippen molar-refractivity contribution >= 4 is 60.0 Å². The zero-order valence-corrected chi connectivity index (χ0v) is 36.9. The van der Waals surface area contributed by atoms with Gasteiger partial charge in [-0.25, -0.2) is 4.98 Å². The summed E-state index contributed by atoms with van der Waals surface area (Å²) < 4.78 is 7.72. The van der Waals surface area contributed by atoms with E-state index in [4.69, 9.17) is 9.40 Å². The number of ketones is 1. The molecule has 0 aliphatic carbocycles. The Morgan fingerprint density at radius 2 is 1.55 bits per heavy atom. The van der Waals surface area contributed by atoms with Crippen molar-refractivity contribution in [2.24, 2.45) is 16.7 Å². The third kappa shape index (κ3) is 8.33. The summed E-state index contributed by atoms with van der Waals surface area (Å²) in [6, 6.07) is 18.8. The first-order valence-electron chi connectivity index (χ1n) is 19.0. The molecule has 3 aromatic carbocycles. The van der Waals surface area contributed by atoms with Crippen LogP contribution in [0, 0.1) is 29.7 Å². The van der Waals surface area contributed by atoms with Gasteiger partial charge in [-0.3, -0.25) is 9.78 Å². The molecule has 0 fully saturated rings. The maximum Gasteiger partial charge on any atom is 0.223 e. The molecule has 3 aromatic heterocycles. The van der Waals surface area contributed by atoms with E-state index in [9.17, 15) is 9.90 Å². The minimum absolute atomic E-state index is 0. The van der Waals surface area contributed by atoms with Gasteiger partial charge in [0, 0.05) is 68.4 Å². The minimum atomic E-state index is -0.337. The molecule has 0 aliphatic rings. The zero-order valence-electron chi connectivity index (χ0n) is 33.7. The molecule has 6 aromatic rings. The molecular formula is C46H57IrN2O3S-. The summed E-state index contributed by atoms with van der Waals surface area (Å²) in [5.41, 5.74) is 5.40. The first-order chi connectivity index (χ1) is 24.5. The summed E-state index contributed by atoms with van der Waals surface area (Å²) in [5.74, 6) is 0.902. The van der Waals surface area contributed by atoms with Crippen molar-refractivity contribution in [3.05, 3.63) is 82.7 Å². The Hall–Kier alpha value is -3.38. The van der Waals surface area contributed by atoms with E-state index in [0.717, 1.165) is 65.1 Å². The number of aryl methyl sites for hydroxylation is 1. The Labute approximate surface area is 334 Å². The molecule has 0 spiro atoms. The van der Waals surface area contributed by atoms with Gasteiger partial charge in [0.15, 0.2) is 5.78 Å². The Bertz CT molecular complexity index is 2260. The predicted molar refractivity (Wildman–Crippen MR) is 222 cm³/mol. The number of hydrogen-bond acceptors (Lipinski definition) is 6. The SMILES string of the molecule is CCC(C)(CC)C(=O)/C=C(\O)C(C)(CC)CC.Cc1c(CC(C)C)sc2ccc3c(oc4ncnc(-c5[c-]c6ccccc6c(C(C)(C)C)c5)c43)c12.[Ir]. The number of aliphatic hydroxyl groups is 1. The van der Waals surface area contributed by atoms with Crippen LogP contribution in [-0.4, -0.2) is 20.9 Å². The van der Waals surface area contributed by atoms with Crippen molar-refractivity contribution < 1.29 is 34.4 Å². The summed E-state index contributed by atoms with van der Waals surface area (Å²) in [6.07, 6.45) is 7.45. The number of benzene rings is 3. The molecule has 285 valence electrons. The number of allylic oxidation sites excluding steroid dienone is 2. The molecular weight excluding hydrogens is 853 g/mol. The van der Waals surface area contributed by atoms with Crippen LogP contribution >= 0.6 is 11.3 Å². The van der Waals surface area contributed by atoms with Gasteiger partial charge in [0.1, 0.15) is 17.7 Å². The fourth-order valence-electron chi connectivity index (χ4n) is 6.87. The van der Waals surface area contributed by atoms with Crippen molar-refractivity contribution in [2.45, 2.75) is 121 Å². The van der Waals surface area contributed by atoms with Gasteiger partial charge >= 0.3 is 0 Å². The molecule has 0 atom stereocenters. The first-order valence-corrected chi connectivity index (χ1v) is 19.8. The Morgan fingerprint density at radius 3 is 2.15 bits per heavy atom. The Balaban J connectivity index is 0.000000299. The number of aliphatic hydroxyl groups excluding tert-OH is 1. The number of carbonyl (C=O) groups excluding carboxylic acids is 1. The van der Waals surface area contributed by atoms with Crippen molar-refractivity contribution in [1.29, 1.82) is 0 Å². The fourth-order valence-corrected chi connectivity index (χ4v) is 8.30. The number of nitrogens with zero attached hydrogens (tertiary/aromatic N) is 2. The number of aromatic nitrogens is 2. The average Bonchev–Trinajstić information content (AvgIpc) is 3.66. The minimum Gasteiger partial charge on any atom is -0.512 e. The van der Waals surface area contributed by atoms with Crippen LogP contribution in [-0.2, 0) is 36.7 Å². The Kier molecular flexibility index (Phi) is 13.2. The predicted octanol–water partition coefficient (Wildman–Crippen LogP) is 13.7. The van der Waals surface area contributed by atoms with E-state index in [1.54, 1.807) is 6.33 Å². The van der Waals surface area contributed by atoms with Crippen molar-refractivity contribution in [3.63, 3.8) is 0 Å². The number of fused-ring (bicyclic) bond motifs is 6. The molecule has 5 nitrogen and oxygen atoms in total. The molecule has 0 amide bonds. The molecule has 0 bridgehead atoms. The summed E-state index contributed by atoms with van der Waals surface area (Å²) in [4.78, 5) is 22.9. The quantitative estimate of drug-likeness (QED) is 0.0842. The third-order valence-corrected chi connectivity index (χ3v) is 12.7. The van der Waals surface area contributed by atoms with Gasteiger partial charge in [-0.05, 0) is 68.1 Å². The maximum absolute atomic E-state index is 12.2. The Morgan fingerprint density at radius 1 is 0.906 bits per heavy atom. The summed E-state index contributed by atoms with van der Waals surface area (Å²) >= 11 is 1.88. The van der Waals surface area contributed by atoms with Crippen LogP contribution in [0.1, 0.15) is 118 Å². The van der Waals surface area contributed by atoms with E-state index in [1.807, 2.05) is 52.9 Å². The van der Waals surface area contributed by atoms with Crippen LogP contribution < -0.4 is 0 Å². The van der Waals surface area contributed by atoms with Crippen molar-refractivity contribution in [2.75, 3.05) is 0 Å². The van der Waals surface area contributed by atoms with Gasteiger partial charge < -0.3 is 9.52 Å². The third-order valence-electron chi connectivity index (χ3n) is 11.5. The normalized spacial score (nSPS) is 12.8. The molecule has 1 radical (unpaired) electrons. The molecule has 6 rings (SSSR count). The van der Waals surface area contributed by atoms with E-state index >= 15 is 0 Å². The smallest absolute Gasteiger partial charge is 0.223 e. The van der Waals surface area contributed by atoms with Gasteiger partial charge in [-0.15, -0.1) is 40.5 Å². The van der Waals surface area contributed by atoms with E-state index in [0.29, 0.717) is 11.6 Å². The van der Waals surface area contributed by atoms with Crippen molar-refractivity contribution in [1.82, 2.24) is 9.97 Å². The zero-order chi connectivity index (χ0) is 38.2. The van der Waals surface area contributed by atoms with Gasteiger partial charge in [-0.2, -0.15) is 0 Å². The summed E-state index contributed by atoms with van der Waals surface area (Å²) in [7, 11) is 0. The molecule has 1 N–H and O–H groups in total. The molecule has 53 heavy (non-hydrogen) atoms. The second-order valence-electron chi connectivity index (χ2n) is 16.4. The van der Waals surface area contributed by atoms with Crippen molar-refractivity contribution in [3.8, 4) is 11.3 Å². The number of hydrogen-bond donors (Lipinski definition) is 1. The maximum atomic E-state index is 12.2. The first kappa shape index (κ1) is 42.4. The molecule has 0 saturated heterocycles. The number of furan rings is 1. The number of thiophene rings is 1. The molecule has 0 aliphatic heterocycles. The largest absolute Gasteiger partial charge is 0.512 e. The molecule has 0 unspecified atom stereocenters. The van der Waals surface area contributed by atoms with Crippen LogP contribution in [0.2, 0.25) is 0 Å². The van der Waals surface area contributed by atoms with Crippen LogP contribution in [0.3, 0.4) is 0 Å². The van der Waals surface area contributed by atoms with Gasteiger partial charge in [0.05, 0.1) is 0 Å². The second kappa shape index (κ2) is 16.5. The van der Waals surface area contributed by atoms with Crippen LogP contribution in [0.25, 0.3) is 54.2 Å². The van der Waals surface area contributed by atoms with Crippen LogP contribution in [0.15, 0.2) is 65.0 Å². The topological polar surface area (TPSA) is 76.2 Å². The summed E-state index contributed by atoms with van der Waals surface area (Å²) in [6.45, 7) is 25.6. The number of carbonyl (C=O) groups is 1. The van der Waals surface area contributed by atoms with E-state index < -0.39 is 0 Å². The fraction of sp³-hybridized carbons (Fsp3) is 0.457. The van der Waals surface area contributed by atoms with E-state index in [1.165, 1.54) is 37.6 Å². The summed E-state index contributed by atoms with van der Waals surface area (Å²) in [5, 5.41) is 15.7. The van der Waals surface area contributed by atoms with Crippen LogP contribution in [0.4, 0.5) is 0 Å². The van der Waals surface area contributed by atoms with E-state index in [2.05, 4.69) is 95.1 Å². The van der Waals surface area contributed by atoms with E-state index in [-0.39, 0.29) is 47.9 Å². The molecule has 3 heterocycles. The van der Waals surface area contributed by atoms with Crippen LogP contribution in [0.5, 0.6) is 0 Å². The van der Waals surface area contributed by atoms with Gasteiger partial charge in [0.2, 0.25) is 5.71 Å². The monoisotopic (exact) mass is 910 g/mol. The molecule has 0 saturated carbocycles. The number of rotatable bonds is 10. The van der Waals surface area contributed by atoms with Gasteiger partial charge in [0.25, 0.3) is 0 Å². The van der Waals surface area contributed by atoms with Gasteiger partial charge in [-0.1, -0.05) is 105 Å². The second-order valence-corrected chi connectivity index (χ2v) is 17.5. The molecule has 7 heteroatoms. The standard InChI is InChI=1S/C31H29N2OS.C15H28O2.Ir/c1-17(2)13-25-18(3)26-24(35-25)12-11-22-27-28(32-16-33-30(27)34-29(22)26)20-14-19-9-7-8-10-21(19)23(15-20)31(4,5)6;1-7-14(5,8-2)12(16)11-13(17)15(6,9-3)10-4;/h7-12,15-17H,13H2,1-6H3;11,16H,7-10H2,1-6H3;/q-1;;/b;12-11-;. The average molecular weight is 910 g/mol.